The summed E-state index contributed by atoms with van der Waals surface area (Å²) in [5.41, 5.74) is 0.486. The fourth-order valence-electron chi connectivity index (χ4n) is 2.96. The number of nitriles is 1. The number of ether oxygens (including phenoxy) is 1. The third-order valence-corrected chi connectivity index (χ3v) is 4.67. The highest BCUT2D eigenvalue weighted by molar-refractivity contribution is 5.72. The van der Waals surface area contributed by atoms with Gasteiger partial charge < -0.3 is 15.0 Å². The molecular formula is C21H28F3N5O. The summed E-state index contributed by atoms with van der Waals surface area (Å²) in [6, 6.07) is 4.15. The molecule has 30 heavy (non-hydrogen) atoms. The molecule has 0 amide bonds. The molecule has 1 aromatic heterocycles. The second-order valence-electron chi connectivity index (χ2n) is 7.65. The molecule has 0 aliphatic carbocycles. The van der Waals surface area contributed by atoms with Crippen LogP contribution in [-0.4, -0.2) is 48.9 Å². The van der Waals surface area contributed by atoms with E-state index >= 15 is 0 Å². The maximum atomic E-state index is 13.7. The van der Waals surface area contributed by atoms with Crippen LogP contribution in [0.3, 0.4) is 0 Å². The molecule has 0 radical (unpaired) electrons. The van der Waals surface area contributed by atoms with Crippen molar-refractivity contribution in [3.63, 3.8) is 0 Å². The number of halogens is 3. The van der Waals surface area contributed by atoms with Crippen LogP contribution in [0.15, 0.2) is 18.3 Å². The summed E-state index contributed by atoms with van der Waals surface area (Å²) < 4.78 is 46.6. The van der Waals surface area contributed by atoms with Gasteiger partial charge in [-0.1, -0.05) is 13.8 Å². The van der Waals surface area contributed by atoms with Crippen molar-refractivity contribution < 1.29 is 17.9 Å². The molecule has 0 saturated carbocycles. The molecule has 2 rings (SSSR count). The number of rotatable bonds is 10. The molecule has 164 valence electrons. The van der Waals surface area contributed by atoms with E-state index in [1.807, 2.05) is 38.9 Å². The monoisotopic (exact) mass is 423 g/mol. The number of benzene rings is 1. The normalized spacial score (nSPS) is 11.9. The van der Waals surface area contributed by atoms with Gasteiger partial charge in [0.25, 0.3) is 0 Å². The maximum Gasteiger partial charge on any atom is 0.419 e. The van der Waals surface area contributed by atoms with Gasteiger partial charge in [-0.05, 0) is 38.6 Å². The largest absolute Gasteiger partial charge is 0.493 e. The van der Waals surface area contributed by atoms with Crippen molar-refractivity contribution in [2.75, 3.05) is 33.8 Å². The molecule has 1 heterocycles. The zero-order valence-electron chi connectivity index (χ0n) is 17.7. The summed E-state index contributed by atoms with van der Waals surface area (Å²) in [5, 5.41) is 19.4. The van der Waals surface area contributed by atoms with Gasteiger partial charge in [-0.2, -0.15) is 23.5 Å². The number of aromatic nitrogens is 2. The Bertz CT molecular complexity index is 871. The highest BCUT2D eigenvalue weighted by atomic mass is 19.4. The average Bonchev–Trinajstić information content (AvgIpc) is 3.12. The van der Waals surface area contributed by atoms with E-state index in [9.17, 15) is 18.4 Å². The quantitative estimate of drug-likeness (QED) is 0.603. The Balaban J connectivity index is 2.44. The SMILES string of the molecule is CNCCN(C)Cc1cn[nH]c1-c1cc(C(F)(F)F)c(OCCC(C)C)cc1C#N. The van der Waals surface area contributed by atoms with Crippen molar-refractivity contribution in [1.29, 1.82) is 5.26 Å². The van der Waals surface area contributed by atoms with Gasteiger partial charge in [0.05, 0.1) is 35.7 Å². The van der Waals surface area contributed by atoms with Gasteiger partial charge in [0.1, 0.15) is 5.75 Å². The van der Waals surface area contributed by atoms with Gasteiger partial charge in [-0.15, -0.1) is 0 Å². The number of alkyl halides is 3. The Morgan fingerprint density at radius 2 is 2.07 bits per heavy atom. The minimum atomic E-state index is -4.61. The second-order valence-corrected chi connectivity index (χ2v) is 7.65. The lowest BCUT2D eigenvalue weighted by molar-refractivity contribution is -0.138. The fraction of sp³-hybridized carbons (Fsp3) is 0.524. The summed E-state index contributed by atoms with van der Waals surface area (Å²) >= 11 is 0. The minimum Gasteiger partial charge on any atom is -0.493 e. The molecule has 9 heteroatoms. The van der Waals surface area contributed by atoms with Gasteiger partial charge in [0.2, 0.25) is 0 Å². The van der Waals surface area contributed by atoms with Gasteiger partial charge in [-0.3, -0.25) is 5.10 Å². The fourth-order valence-corrected chi connectivity index (χ4v) is 2.96. The van der Waals surface area contributed by atoms with Crippen LogP contribution < -0.4 is 10.1 Å². The standard InChI is InChI=1S/C21H28F3N5O/c1-14(2)5-8-30-19-9-15(11-25)17(10-18(19)21(22,23)24)20-16(12-27-28-20)13-29(4)7-6-26-3/h9-10,12,14,26H,5-8,13H2,1-4H3,(H,27,28). The van der Waals surface area contributed by atoms with E-state index in [-0.39, 0.29) is 23.5 Å². The minimum absolute atomic E-state index is 0.103. The molecule has 0 bridgehead atoms. The van der Waals surface area contributed by atoms with Crippen LogP contribution in [0.5, 0.6) is 5.75 Å². The Labute approximate surface area is 175 Å². The summed E-state index contributed by atoms with van der Waals surface area (Å²) in [7, 11) is 3.76. The molecule has 0 atom stereocenters. The molecule has 6 nitrogen and oxygen atoms in total. The molecule has 1 aromatic carbocycles. The Kier molecular flexibility index (Phi) is 8.26. The number of hydrogen-bond donors (Lipinski definition) is 2. The van der Waals surface area contributed by atoms with Crippen LogP contribution in [0.1, 0.15) is 37.0 Å². The lowest BCUT2D eigenvalue weighted by Crippen LogP contribution is -2.27. The summed E-state index contributed by atoms with van der Waals surface area (Å²) in [4.78, 5) is 2.02. The van der Waals surface area contributed by atoms with Crippen LogP contribution >= 0.6 is 0 Å². The molecule has 0 aliphatic heterocycles. The first-order chi connectivity index (χ1) is 14.2. The van der Waals surface area contributed by atoms with Crippen molar-refractivity contribution in [2.45, 2.75) is 33.0 Å². The van der Waals surface area contributed by atoms with E-state index in [4.69, 9.17) is 4.74 Å². The van der Waals surface area contributed by atoms with Crippen molar-refractivity contribution >= 4 is 0 Å². The third kappa shape index (κ3) is 6.21. The van der Waals surface area contributed by atoms with E-state index in [1.54, 1.807) is 6.20 Å². The van der Waals surface area contributed by atoms with Crippen LogP contribution in [0, 0.1) is 17.2 Å². The first kappa shape index (κ1) is 23.7. The number of nitrogens with zero attached hydrogens (tertiary/aromatic N) is 3. The lowest BCUT2D eigenvalue weighted by atomic mass is 9.98. The van der Waals surface area contributed by atoms with Gasteiger partial charge in [0.15, 0.2) is 0 Å². The summed E-state index contributed by atoms with van der Waals surface area (Å²) in [5.74, 6) is -0.0304. The summed E-state index contributed by atoms with van der Waals surface area (Å²) in [6.45, 7) is 6.08. The predicted molar refractivity (Wildman–Crippen MR) is 109 cm³/mol. The third-order valence-electron chi connectivity index (χ3n) is 4.67. The van der Waals surface area contributed by atoms with Crippen LogP contribution in [-0.2, 0) is 12.7 Å². The van der Waals surface area contributed by atoms with Gasteiger partial charge in [-0.25, -0.2) is 0 Å². The van der Waals surface area contributed by atoms with Crippen molar-refractivity contribution in [3.8, 4) is 23.1 Å². The maximum absolute atomic E-state index is 13.7. The average molecular weight is 423 g/mol. The predicted octanol–water partition coefficient (Wildman–Crippen LogP) is 4.04. The first-order valence-corrected chi connectivity index (χ1v) is 9.81. The van der Waals surface area contributed by atoms with Crippen molar-refractivity contribution in [1.82, 2.24) is 20.4 Å². The molecule has 0 spiro atoms. The van der Waals surface area contributed by atoms with Crippen LogP contribution in [0.2, 0.25) is 0 Å². The molecular weight excluding hydrogens is 395 g/mol. The molecule has 0 unspecified atom stereocenters. The first-order valence-electron chi connectivity index (χ1n) is 9.81. The number of hydrogen-bond acceptors (Lipinski definition) is 5. The van der Waals surface area contributed by atoms with Crippen LogP contribution in [0.25, 0.3) is 11.3 Å². The highest BCUT2D eigenvalue weighted by Gasteiger charge is 2.36. The Morgan fingerprint density at radius 3 is 2.67 bits per heavy atom. The Hall–Kier alpha value is -2.57. The topological polar surface area (TPSA) is 77.0 Å². The number of aromatic amines is 1. The van der Waals surface area contributed by atoms with Crippen molar-refractivity contribution in [2.24, 2.45) is 5.92 Å². The number of H-pyrrole nitrogens is 1. The molecule has 2 aromatic rings. The van der Waals surface area contributed by atoms with E-state index in [2.05, 4.69) is 15.5 Å². The van der Waals surface area contributed by atoms with E-state index in [1.165, 1.54) is 6.07 Å². The number of likely N-dealkylation sites (N-methyl/N-ethyl adjacent to an activating group) is 2. The summed E-state index contributed by atoms with van der Waals surface area (Å²) in [6.07, 6.45) is -2.42. The van der Waals surface area contributed by atoms with E-state index in [0.29, 0.717) is 30.1 Å². The molecule has 0 saturated heterocycles. The van der Waals surface area contributed by atoms with E-state index < -0.39 is 11.7 Å². The van der Waals surface area contributed by atoms with Crippen LogP contribution in [0.4, 0.5) is 13.2 Å². The smallest absolute Gasteiger partial charge is 0.419 e. The highest BCUT2D eigenvalue weighted by Crippen LogP contribution is 2.41. The Morgan fingerprint density at radius 1 is 1.33 bits per heavy atom. The van der Waals surface area contributed by atoms with Gasteiger partial charge in [0, 0.05) is 30.8 Å². The molecule has 0 aliphatic rings. The second kappa shape index (κ2) is 10.5. The molecule has 2 N–H and O–H groups in total. The lowest BCUT2D eigenvalue weighted by Gasteiger charge is -2.19. The molecule has 0 fully saturated rings. The number of nitrogens with one attached hydrogen (secondary N) is 2. The van der Waals surface area contributed by atoms with Gasteiger partial charge >= 0.3 is 6.18 Å². The zero-order chi connectivity index (χ0) is 22.3. The van der Waals surface area contributed by atoms with Crippen molar-refractivity contribution in [3.05, 3.63) is 35.0 Å². The zero-order valence-corrected chi connectivity index (χ0v) is 17.7. The van der Waals surface area contributed by atoms with E-state index in [0.717, 1.165) is 19.2 Å².